The van der Waals surface area contributed by atoms with E-state index in [0.29, 0.717) is 0 Å². The van der Waals surface area contributed by atoms with Gasteiger partial charge in [-0.1, -0.05) is 6.42 Å². The van der Waals surface area contributed by atoms with Crippen molar-refractivity contribution in [1.82, 2.24) is 0 Å². The molecule has 0 amide bonds. The molecule has 2 rings (SSSR count). The van der Waals surface area contributed by atoms with Crippen molar-refractivity contribution in [3.05, 3.63) is 60.8 Å². The van der Waals surface area contributed by atoms with Gasteiger partial charge >= 0.3 is 26.2 Å². The van der Waals surface area contributed by atoms with Gasteiger partial charge in [0.25, 0.3) is 0 Å². The zero-order valence-electron chi connectivity index (χ0n) is 8.34. The van der Waals surface area contributed by atoms with E-state index in [0.717, 1.165) is 18.4 Å². The third-order valence-electron chi connectivity index (χ3n) is 1.53. The minimum atomic E-state index is 0. The summed E-state index contributed by atoms with van der Waals surface area (Å²) >= 11 is 0. The van der Waals surface area contributed by atoms with Gasteiger partial charge in [0.15, 0.2) is 0 Å². The Balaban J connectivity index is -0.000000165. The summed E-state index contributed by atoms with van der Waals surface area (Å²) in [4.78, 5) is 0. The molecule has 0 bridgehead atoms. The van der Waals surface area contributed by atoms with E-state index >= 15 is 0 Å². The van der Waals surface area contributed by atoms with Gasteiger partial charge in [-0.15, -0.1) is 12.5 Å². The molecule has 3 heteroatoms. The minimum absolute atomic E-state index is 0. The van der Waals surface area contributed by atoms with Crippen molar-refractivity contribution in [2.45, 2.75) is 12.8 Å². The second-order valence-corrected chi connectivity index (χ2v) is 2.45. The maximum Gasteiger partial charge on any atom is 4.00 e. The van der Waals surface area contributed by atoms with Gasteiger partial charge in [0, 0.05) is 0 Å². The van der Waals surface area contributed by atoms with Crippen molar-refractivity contribution in [2.75, 3.05) is 0 Å². The van der Waals surface area contributed by atoms with Gasteiger partial charge in [-0.05, 0) is 0 Å². The van der Waals surface area contributed by atoms with Crippen LogP contribution in [0.15, 0.2) is 48.6 Å². The van der Waals surface area contributed by atoms with Gasteiger partial charge in [0.2, 0.25) is 0 Å². The van der Waals surface area contributed by atoms with Crippen LogP contribution in [-0.4, -0.2) is 0 Å². The molecule has 0 aliphatic heterocycles. The summed E-state index contributed by atoms with van der Waals surface area (Å²) in [6.45, 7) is 3.59. The second kappa shape index (κ2) is 14.2. The first kappa shape index (κ1) is 20.6. The summed E-state index contributed by atoms with van der Waals surface area (Å²) in [5.41, 5.74) is 1.13. The normalized spacial score (nSPS) is 13.7. The number of allylic oxidation sites excluding steroid dienone is 9. The number of hydrogen-bond acceptors (Lipinski definition) is 0. The molecule has 0 nitrogen and oxygen atoms in total. The average Bonchev–Trinajstić information content (AvgIpc) is 2.81. The molecule has 0 heterocycles. The molecule has 78 valence electrons. The molecule has 0 N–H and O–H groups in total. The Morgan fingerprint density at radius 2 is 1.93 bits per heavy atom. The zero-order valence-corrected chi connectivity index (χ0v) is 12.3. The van der Waals surface area contributed by atoms with Gasteiger partial charge in [-0.25, -0.2) is 12.2 Å². The SMILES string of the molecule is C=CC1=[C-]CC=C1.[C-]1=CC=CC1.[Cl-].[Cl-].[Zr+4]. The van der Waals surface area contributed by atoms with Crippen LogP contribution in [-0.2, 0) is 26.2 Å². The summed E-state index contributed by atoms with van der Waals surface area (Å²) in [5, 5.41) is 0. The summed E-state index contributed by atoms with van der Waals surface area (Å²) in [6.07, 6.45) is 19.9. The summed E-state index contributed by atoms with van der Waals surface area (Å²) < 4.78 is 0. The van der Waals surface area contributed by atoms with E-state index in [1.54, 1.807) is 0 Å². The van der Waals surface area contributed by atoms with Crippen molar-refractivity contribution in [2.24, 2.45) is 0 Å². The first-order valence-corrected chi connectivity index (χ1v) is 4.05. The monoisotopic (exact) mass is 316 g/mol. The van der Waals surface area contributed by atoms with Crippen molar-refractivity contribution in [1.29, 1.82) is 0 Å². The van der Waals surface area contributed by atoms with E-state index in [1.807, 2.05) is 24.3 Å². The van der Waals surface area contributed by atoms with E-state index in [9.17, 15) is 0 Å². The van der Waals surface area contributed by atoms with Crippen LogP contribution in [0.25, 0.3) is 0 Å². The molecule has 0 unspecified atom stereocenters. The van der Waals surface area contributed by atoms with Gasteiger partial charge in [0.1, 0.15) is 0 Å². The smallest absolute Gasteiger partial charge is 1.00 e. The fraction of sp³-hybridized carbons (Fsp3) is 0.167. The van der Waals surface area contributed by atoms with Crippen molar-refractivity contribution >= 4 is 0 Å². The predicted octanol–water partition coefficient (Wildman–Crippen LogP) is -2.83. The molecule has 0 saturated carbocycles. The molecule has 0 fully saturated rings. The minimum Gasteiger partial charge on any atom is -1.00 e. The zero-order chi connectivity index (χ0) is 8.65. The Morgan fingerprint density at radius 1 is 1.20 bits per heavy atom. The van der Waals surface area contributed by atoms with Crippen LogP contribution in [0.1, 0.15) is 12.8 Å². The molecule has 0 atom stereocenters. The van der Waals surface area contributed by atoms with E-state index < -0.39 is 0 Å². The third-order valence-corrected chi connectivity index (χ3v) is 1.53. The van der Waals surface area contributed by atoms with Crippen molar-refractivity contribution < 1.29 is 51.0 Å². The van der Waals surface area contributed by atoms with Crippen LogP contribution in [0, 0.1) is 12.2 Å². The Hall–Kier alpha value is 0.163. The van der Waals surface area contributed by atoms with Crippen LogP contribution in [0.2, 0.25) is 0 Å². The third kappa shape index (κ3) is 10.4. The first-order valence-electron chi connectivity index (χ1n) is 4.05. The average molecular weight is 318 g/mol. The molecule has 0 saturated heterocycles. The summed E-state index contributed by atoms with van der Waals surface area (Å²) in [6, 6.07) is 0. The topological polar surface area (TPSA) is 0 Å². The first-order chi connectivity index (χ1) is 5.93. The maximum absolute atomic E-state index is 3.59. The molecule has 0 aromatic carbocycles. The standard InChI is InChI=1S/C7H7.C5H5.2ClH.Zr/c1-2-7-5-3-4-6-7;1-2-4-5-3-1;;;/h2-3,5H,1,4H2;1-3H,4H2;2*1H;/q2*-1;;;+4/p-2. The Kier molecular flexibility index (Phi) is 19.4. The molecule has 0 aromatic rings. The molecule has 0 aromatic heterocycles. The van der Waals surface area contributed by atoms with E-state index in [4.69, 9.17) is 0 Å². The largest absolute Gasteiger partial charge is 4.00 e. The van der Waals surface area contributed by atoms with Crippen molar-refractivity contribution in [3.63, 3.8) is 0 Å². The van der Waals surface area contributed by atoms with E-state index in [2.05, 4.69) is 30.9 Å². The van der Waals surface area contributed by atoms with Gasteiger partial charge < -0.3 is 24.8 Å². The van der Waals surface area contributed by atoms with Gasteiger partial charge in [-0.3, -0.25) is 6.08 Å². The number of hydrogen-bond donors (Lipinski definition) is 0. The maximum atomic E-state index is 3.59. The molecular formula is C12H12Cl2Zr. The van der Waals surface area contributed by atoms with Crippen LogP contribution in [0.3, 0.4) is 0 Å². The second-order valence-electron chi connectivity index (χ2n) is 2.45. The molecule has 2 aliphatic carbocycles. The quantitative estimate of drug-likeness (QED) is 0.458. The van der Waals surface area contributed by atoms with Crippen LogP contribution < -0.4 is 24.8 Å². The Bertz CT molecular complexity index is 253. The number of rotatable bonds is 1. The molecule has 15 heavy (non-hydrogen) atoms. The van der Waals surface area contributed by atoms with Crippen LogP contribution in [0.4, 0.5) is 0 Å². The van der Waals surface area contributed by atoms with Gasteiger partial charge in [0.05, 0.1) is 0 Å². The fourth-order valence-electron chi connectivity index (χ4n) is 0.902. The molecule has 0 spiro atoms. The summed E-state index contributed by atoms with van der Waals surface area (Å²) in [7, 11) is 0. The Morgan fingerprint density at radius 3 is 2.13 bits per heavy atom. The van der Waals surface area contributed by atoms with E-state index in [-0.39, 0.29) is 51.0 Å². The Labute approximate surface area is 124 Å². The predicted molar refractivity (Wildman–Crippen MR) is 52.3 cm³/mol. The van der Waals surface area contributed by atoms with Gasteiger partial charge in [-0.2, -0.15) is 36.5 Å². The van der Waals surface area contributed by atoms with Crippen LogP contribution in [0.5, 0.6) is 0 Å². The van der Waals surface area contributed by atoms with E-state index in [1.165, 1.54) is 0 Å². The molecule has 0 radical (unpaired) electrons. The fourth-order valence-corrected chi connectivity index (χ4v) is 0.902. The van der Waals surface area contributed by atoms with Crippen LogP contribution >= 0.6 is 0 Å². The molecular weight excluding hydrogens is 306 g/mol. The van der Waals surface area contributed by atoms with Crippen molar-refractivity contribution in [3.8, 4) is 0 Å². The number of halogens is 2. The molecule has 2 aliphatic rings. The summed E-state index contributed by atoms with van der Waals surface area (Å²) in [5.74, 6) is 0.